The summed E-state index contributed by atoms with van der Waals surface area (Å²) < 4.78 is 10.2. The standard InChI is InChI=1S/C14H17N3O4/c1-20-12-4-3-11(7-13(12)21-2)17-14(19)10(8-15)9-16-5-6-18/h3-4,7,9,16,18H,5-6H2,1-2H3,(H,17,19)/b10-9-. The normalized spacial score (nSPS) is 10.5. The molecule has 7 nitrogen and oxygen atoms in total. The van der Waals surface area contributed by atoms with E-state index in [0.717, 1.165) is 0 Å². The van der Waals surface area contributed by atoms with Crippen LogP contribution < -0.4 is 20.1 Å². The maximum Gasteiger partial charge on any atom is 0.267 e. The van der Waals surface area contributed by atoms with Gasteiger partial charge in [-0.25, -0.2) is 0 Å². The third kappa shape index (κ3) is 4.71. The number of aliphatic hydroxyl groups excluding tert-OH is 1. The molecule has 0 unspecified atom stereocenters. The number of methoxy groups -OCH3 is 2. The summed E-state index contributed by atoms with van der Waals surface area (Å²) in [6.45, 7) is 0.168. The van der Waals surface area contributed by atoms with Crippen molar-refractivity contribution in [3.8, 4) is 17.6 Å². The number of carbonyl (C=O) groups is 1. The number of nitriles is 1. The predicted octanol–water partition coefficient (Wildman–Crippen LogP) is 0.632. The van der Waals surface area contributed by atoms with Crippen molar-refractivity contribution in [2.75, 3.05) is 32.7 Å². The van der Waals surface area contributed by atoms with E-state index in [9.17, 15) is 4.79 Å². The lowest BCUT2D eigenvalue weighted by Gasteiger charge is -2.10. The molecule has 0 radical (unpaired) electrons. The van der Waals surface area contributed by atoms with Crippen LogP contribution in [0.3, 0.4) is 0 Å². The van der Waals surface area contributed by atoms with Crippen LogP contribution in [-0.2, 0) is 4.79 Å². The minimum Gasteiger partial charge on any atom is -0.493 e. The molecule has 0 saturated carbocycles. The van der Waals surface area contributed by atoms with Crippen molar-refractivity contribution in [1.82, 2.24) is 5.32 Å². The Morgan fingerprint density at radius 1 is 1.38 bits per heavy atom. The number of rotatable bonds is 7. The Balaban J connectivity index is 2.82. The van der Waals surface area contributed by atoms with Gasteiger partial charge in [-0.3, -0.25) is 4.79 Å². The number of nitrogens with zero attached hydrogens (tertiary/aromatic N) is 1. The van der Waals surface area contributed by atoms with Crippen LogP contribution in [0.25, 0.3) is 0 Å². The number of anilines is 1. The molecule has 0 fully saturated rings. The molecule has 7 heteroatoms. The van der Waals surface area contributed by atoms with E-state index in [1.54, 1.807) is 24.3 Å². The lowest BCUT2D eigenvalue weighted by molar-refractivity contribution is -0.112. The predicted molar refractivity (Wildman–Crippen MR) is 77.0 cm³/mol. The lowest BCUT2D eigenvalue weighted by atomic mass is 10.2. The molecule has 0 aliphatic heterocycles. The van der Waals surface area contributed by atoms with Crippen LogP contribution in [0.2, 0.25) is 0 Å². The van der Waals surface area contributed by atoms with Crippen LogP contribution in [0.15, 0.2) is 30.0 Å². The Morgan fingerprint density at radius 3 is 2.67 bits per heavy atom. The maximum atomic E-state index is 11.9. The molecular weight excluding hydrogens is 274 g/mol. The molecule has 0 aliphatic rings. The summed E-state index contributed by atoms with van der Waals surface area (Å²) in [6.07, 6.45) is 1.26. The fourth-order valence-corrected chi connectivity index (χ4v) is 1.50. The fourth-order valence-electron chi connectivity index (χ4n) is 1.50. The van der Waals surface area contributed by atoms with Gasteiger partial charge in [0, 0.05) is 24.5 Å². The monoisotopic (exact) mass is 291 g/mol. The van der Waals surface area contributed by atoms with Gasteiger partial charge in [0.2, 0.25) is 0 Å². The maximum absolute atomic E-state index is 11.9. The van der Waals surface area contributed by atoms with Gasteiger partial charge in [-0.05, 0) is 12.1 Å². The van der Waals surface area contributed by atoms with Crippen molar-refractivity contribution in [2.45, 2.75) is 0 Å². The second-order valence-corrected chi connectivity index (χ2v) is 3.87. The van der Waals surface area contributed by atoms with E-state index >= 15 is 0 Å². The Kier molecular flexibility index (Phi) is 6.57. The zero-order valence-corrected chi connectivity index (χ0v) is 11.8. The second kappa shape index (κ2) is 8.45. The number of benzene rings is 1. The van der Waals surface area contributed by atoms with Gasteiger partial charge in [-0.1, -0.05) is 0 Å². The summed E-state index contributed by atoms with van der Waals surface area (Å²) in [5, 5.41) is 22.8. The van der Waals surface area contributed by atoms with E-state index in [1.165, 1.54) is 20.4 Å². The van der Waals surface area contributed by atoms with Crippen molar-refractivity contribution >= 4 is 11.6 Å². The van der Waals surface area contributed by atoms with Crippen molar-refractivity contribution in [1.29, 1.82) is 5.26 Å². The van der Waals surface area contributed by atoms with Crippen molar-refractivity contribution in [3.05, 3.63) is 30.0 Å². The molecule has 0 atom stereocenters. The number of amides is 1. The fraction of sp³-hybridized carbons (Fsp3) is 0.286. The molecule has 0 spiro atoms. The first-order valence-electron chi connectivity index (χ1n) is 6.14. The lowest BCUT2D eigenvalue weighted by Crippen LogP contribution is -2.18. The second-order valence-electron chi connectivity index (χ2n) is 3.87. The van der Waals surface area contributed by atoms with Crippen LogP contribution in [0.4, 0.5) is 5.69 Å². The van der Waals surface area contributed by atoms with E-state index in [2.05, 4.69) is 10.6 Å². The Hall–Kier alpha value is -2.72. The van der Waals surface area contributed by atoms with Gasteiger partial charge in [-0.2, -0.15) is 5.26 Å². The van der Waals surface area contributed by atoms with Crippen molar-refractivity contribution in [3.63, 3.8) is 0 Å². The molecule has 112 valence electrons. The molecule has 0 bridgehead atoms. The van der Waals surface area contributed by atoms with E-state index < -0.39 is 5.91 Å². The summed E-state index contributed by atoms with van der Waals surface area (Å²) in [5.74, 6) is 0.447. The minimum atomic E-state index is -0.560. The quantitative estimate of drug-likeness (QED) is 0.387. The van der Waals surface area contributed by atoms with Crippen LogP contribution in [0.5, 0.6) is 11.5 Å². The topological polar surface area (TPSA) is 104 Å². The molecule has 1 rings (SSSR count). The number of hydrogen-bond acceptors (Lipinski definition) is 6. The van der Waals surface area contributed by atoms with E-state index in [-0.39, 0.29) is 18.7 Å². The van der Waals surface area contributed by atoms with Gasteiger partial charge in [0.15, 0.2) is 11.5 Å². The van der Waals surface area contributed by atoms with Gasteiger partial charge in [0.1, 0.15) is 11.6 Å². The average molecular weight is 291 g/mol. The van der Waals surface area contributed by atoms with E-state index in [4.69, 9.17) is 19.8 Å². The summed E-state index contributed by atoms with van der Waals surface area (Å²) in [4.78, 5) is 11.9. The zero-order chi connectivity index (χ0) is 15.7. The summed E-state index contributed by atoms with van der Waals surface area (Å²) in [7, 11) is 3.00. The first-order chi connectivity index (χ1) is 10.2. The zero-order valence-electron chi connectivity index (χ0n) is 11.8. The van der Waals surface area contributed by atoms with E-state index in [0.29, 0.717) is 17.2 Å². The number of aliphatic hydroxyl groups is 1. The molecule has 3 N–H and O–H groups in total. The first-order valence-corrected chi connectivity index (χ1v) is 6.14. The molecule has 1 aromatic rings. The average Bonchev–Trinajstić information content (AvgIpc) is 2.51. The molecule has 0 aliphatic carbocycles. The van der Waals surface area contributed by atoms with Gasteiger partial charge in [0.05, 0.1) is 20.8 Å². The highest BCUT2D eigenvalue weighted by molar-refractivity contribution is 6.06. The van der Waals surface area contributed by atoms with Crippen molar-refractivity contribution in [2.24, 2.45) is 0 Å². The summed E-state index contributed by atoms with van der Waals surface area (Å²) >= 11 is 0. The Bertz CT molecular complexity index is 564. The molecule has 1 amide bonds. The van der Waals surface area contributed by atoms with Gasteiger partial charge in [-0.15, -0.1) is 0 Å². The van der Waals surface area contributed by atoms with Crippen LogP contribution in [0, 0.1) is 11.3 Å². The number of hydrogen-bond donors (Lipinski definition) is 3. The first kappa shape index (κ1) is 16.3. The molecular formula is C14H17N3O4. The van der Waals surface area contributed by atoms with Gasteiger partial charge in [0.25, 0.3) is 5.91 Å². The number of ether oxygens (including phenoxy) is 2. The summed E-state index contributed by atoms with van der Waals surface area (Å²) in [5.41, 5.74) is 0.374. The molecule has 21 heavy (non-hydrogen) atoms. The highest BCUT2D eigenvalue weighted by Crippen LogP contribution is 2.29. The minimum absolute atomic E-state index is 0.0908. The highest BCUT2D eigenvalue weighted by atomic mass is 16.5. The molecule has 0 heterocycles. The molecule has 0 saturated heterocycles. The third-order valence-corrected chi connectivity index (χ3v) is 2.51. The number of carbonyl (C=O) groups excluding carboxylic acids is 1. The Labute approximate surface area is 122 Å². The summed E-state index contributed by atoms with van der Waals surface area (Å²) in [6, 6.07) is 6.65. The van der Waals surface area contributed by atoms with E-state index in [1.807, 2.05) is 0 Å². The Morgan fingerprint density at radius 2 is 2.10 bits per heavy atom. The van der Waals surface area contributed by atoms with Gasteiger partial charge >= 0.3 is 0 Å². The molecule has 1 aromatic carbocycles. The number of nitrogens with one attached hydrogen (secondary N) is 2. The molecule has 0 aromatic heterocycles. The van der Waals surface area contributed by atoms with Crippen LogP contribution in [-0.4, -0.2) is 38.4 Å². The van der Waals surface area contributed by atoms with Crippen LogP contribution >= 0.6 is 0 Å². The third-order valence-electron chi connectivity index (χ3n) is 2.51. The smallest absolute Gasteiger partial charge is 0.267 e. The van der Waals surface area contributed by atoms with Crippen LogP contribution in [0.1, 0.15) is 0 Å². The van der Waals surface area contributed by atoms with Crippen molar-refractivity contribution < 1.29 is 19.4 Å². The largest absolute Gasteiger partial charge is 0.493 e. The van der Waals surface area contributed by atoms with Gasteiger partial charge < -0.3 is 25.2 Å². The SMILES string of the molecule is COc1ccc(NC(=O)/C(C#N)=C\NCCO)cc1OC. The highest BCUT2D eigenvalue weighted by Gasteiger charge is 2.11.